The van der Waals surface area contributed by atoms with Gasteiger partial charge >= 0.3 is 0 Å². The van der Waals surface area contributed by atoms with E-state index < -0.39 is 0 Å². The Morgan fingerprint density at radius 1 is 1.53 bits per heavy atom. The zero-order chi connectivity index (χ0) is 11.3. The van der Waals surface area contributed by atoms with Crippen LogP contribution in [0.25, 0.3) is 0 Å². The minimum absolute atomic E-state index is 0.352. The van der Waals surface area contributed by atoms with Crippen LogP contribution >= 0.6 is 11.6 Å². The Balaban J connectivity index is 2.94. The summed E-state index contributed by atoms with van der Waals surface area (Å²) in [4.78, 5) is 0. The summed E-state index contributed by atoms with van der Waals surface area (Å²) < 4.78 is 0. The Morgan fingerprint density at radius 2 is 2.27 bits per heavy atom. The molecule has 0 aromatic heterocycles. The number of benzene rings is 1. The second kappa shape index (κ2) is 5.94. The molecule has 2 heteroatoms. The molecule has 1 aromatic carbocycles. The number of hydrogen-bond donors (Lipinski definition) is 1. The normalized spacial score (nSPS) is 12.5. The molecule has 0 heterocycles. The van der Waals surface area contributed by atoms with Crippen molar-refractivity contribution in [2.45, 2.75) is 26.3 Å². The number of hydrogen-bond acceptors (Lipinski definition) is 1. The van der Waals surface area contributed by atoms with E-state index in [2.05, 4.69) is 31.8 Å². The number of nitrogens with one attached hydrogen (secondary N) is 1. The van der Waals surface area contributed by atoms with Crippen molar-refractivity contribution in [1.82, 2.24) is 5.32 Å². The molecule has 0 radical (unpaired) electrons. The molecule has 1 atom stereocenters. The highest BCUT2D eigenvalue weighted by Crippen LogP contribution is 2.23. The van der Waals surface area contributed by atoms with Crippen LogP contribution in [-0.2, 0) is 0 Å². The average Bonchev–Trinajstić information content (AvgIpc) is 2.17. The largest absolute Gasteiger partial charge is 0.310 e. The molecule has 82 valence electrons. The van der Waals surface area contributed by atoms with E-state index in [0.29, 0.717) is 6.04 Å². The Kier molecular flexibility index (Phi) is 4.86. The molecule has 0 amide bonds. The fourth-order valence-electron chi connectivity index (χ4n) is 1.76. The lowest BCUT2D eigenvalue weighted by Gasteiger charge is -2.18. The summed E-state index contributed by atoms with van der Waals surface area (Å²) in [6, 6.07) is 6.39. The van der Waals surface area contributed by atoms with Crippen molar-refractivity contribution in [3.05, 3.63) is 47.0 Å². The van der Waals surface area contributed by atoms with Gasteiger partial charge in [-0.3, -0.25) is 0 Å². The summed E-state index contributed by atoms with van der Waals surface area (Å²) in [6.45, 7) is 8.95. The average molecular weight is 224 g/mol. The van der Waals surface area contributed by atoms with E-state index in [9.17, 15) is 0 Å². The maximum atomic E-state index is 5.94. The lowest BCUT2D eigenvalue weighted by molar-refractivity contribution is 0.556. The molecule has 1 N–H and O–H groups in total. The molecule has 1 rings (SSSR count). The van der Waals surface area contributed by atoms with Gasteiger partial charge in [0.2, 0.25) is 0 Å². The van der Waals surface area contributed by atoms with Gasteiger partial charge in [-0.1, -0.05) is 30.7 Å². The summed E-state index contributed by atoms with van der Waals surface area (Å²) in [5, 5.41) is 4.24. The second-order valence-electron chi connectivity index (χ2n) is 3.64. The molecule has 0 saturated carbocycles. The van der Waals surface area contributed by atoms with Crippen LogP contribution in [0, 0.1) is 6.92 Å². The minimum atomic E-state index is 0.352. The molecule has 0 bridgehead atoms. The first kappa shape index (κ1) is 12.3. The third kappa shape index (κ3) is 3.37. The van der Waals surface area contributed by atoms with Crippen molar-refractivity contribution in [3.8, 4) is 0 Å². The molecule has 15 heavy (non-hydrogen) atoms. The minimum Gasteiger partial charge on any atom is -0.310 e. The monoisotopic (exact) mass is 223 g/mol. The second-order valence-corrected chi connectivity index (χ2v) is 4.07. The van der Waals surface area contributed by atoms with Gasteiger partial charge in [0.1, 0.15) is 0 Å². The summed E-state index contributed by atoms with van der Waals surface area (Å²) >= 11 is 5.94. The Morgan fingerprint density at radius 3 is 2.80 bits per heavy atom. The van der Waals surface area contributed by atoms with E-state index in [1.807, 2.05) is 18.2 Å². The SMILES string of the molecule is C=CCC(NCC)c1ccc(Cl)cc1C. The van der Waals surface area contributed by atoms with Crippen LogP contribution < -0.4 is 5.32 Å². The molecule has 0 fully saturated rings. The third-order valence-corrected chi connectivity index (χ3v) is 2.70. The smallest absolute Gasteiger partial charge is 0.0408 e. The van der Waals surface area contributed by atoms with Crippen LogP contribution in [0.5, 0.6) is 0 Å². The summed E-state index contributed by atoms with van der Waals surface area (Å²) in [6.07, 6.45) is 2.89. The van der Waals surface area contributed by atoms with E-state index in [1.54, 1.807) is 0 Å². The van der Waals surface area contributed by atoms with Crippen molar-refractivity contribution in [2.24, 2.45) is 0 Å². The Labute approximate surface area is 97.1 Å². The number of rotatable bonds is 5. The lowest BCUT2D eigenvalue weighted by Crippen LogP contribution is -2.21. The van der Waals surface area contributed by atoms with Crippen LogP contribution in [-0.4, -0.2) is 6.54 Å². The number of halogens is 1. The van der Waals surface area contributed by atoms with E-state index >= 15 is 0 Å². The first-order chi connectivity index (χ1) is 7.19. The van der Waals surface area contributed by atoms with Gasteiger partial charge in [-0.05, 0) is 43.1 Å². The van der Waals surface area contributed by atoms with E-state index in [-0.39, 0.29) is 0 Å². The van der Waals surface area contributed by atoms with E-state index in [4.69, 9.17) is 11.6 Å². The molecule has 0 aliphatic heterocycles. The first-order valence-corrected chi connectivity index (χ1v) is 5.67. The van der Waals surface area contributed by atoms with Gasteiger partial charge in [0.15, 0.2) is 0 Å². The zero-order valence-corrected chi connectivity index (χ0v) is 10.1. The maximum Gasteiger partial charge on any atom is 0.0408 e. The standard InChI is InChI=1S/C13H18ClN/c1-4-6-13(15-5-2)12-8-7-11(14)9-10(12)3/h4,7-9,13,15H,1,5-6H2,2-3H3. The zero-order valence-electron chi connectivity index (χ0n) is 9.39. The summed E-state index contributed by atoms with van der Waals surface area (Å²) in [5.74, 6) is 0. The van der Waals surface area contributed by atoms with Crippen LogP contribution in [0.1, 0.15) is 30.5 Å². The summed E-state index contributed by atoms with van der Waals surface area (Å²) in [7, 11) is 0. The number of aryl methyl sites for hydroxylation is 1. The topological polar surface area (TPSA) is 12.0 Å². The fourth-order valence-corrected chi connectivity index (χ4v) is 1.99. The molecular weight excluding hydrogens is 206 g/mol. The van der Waals surface area contributed by atoms with Gasteiger partial charge in [0.25, 0.3) is 0 Å². The lowest BCUT2D eigenvalue weighted by atomic mass is 9.99. The van der Waals surface area contributed by atoms with Gasteiger partial charge in [-0.25, -0.2) is 0 Å². The fraction of sp³-hybridized carbons (Fsp3) is 0.385. The first-order valence-electron chi connectivity index (χ1n) is 5.29. The van der Waals surface area contributed by atoms with Crippen LogP contribution in [0.3, 0.4) is 0 Å². The molecule has 0 aliphatic rings. The van der Waals surface area contributed by atoms with Crippen molar-refractivity contribution in [1.29, 1.82) is 0 Å². The van der Waals surface area contributed by atoms with E-state index in [0.717, 1.165) is 18.0 Å². The highest BCUT2D eigenvalue weighted by molar-refractivity contribution is 6.30. The molecule has 1 aromatic rings. The molecule has 1 unspecified atom stereocenters. The molecular formula is C13H18ClN. The van der Waals surface area contributed by atoms with Crippen LogP contribution in [0.15, 0.2) is 30.9 Å². The third-order valence-electron chi connectivity index (χ3n) is 2.46. The molecule has 1 nitrogen and oxygen atoms in total. The van der Waals surface area contributed by atoms with Crippen molar-refractivity contribution >= 4 is 11.6 Å². The quantitative estimate of drug-likeness (QED) is 0.748. The molecule has 0 saturated heterocycles. The van der Waals surface area contributed by atoms with Gasteiger partial charge in [-0.15, -0.1) is 6.58 Å². The van der Waals surface area contributed by atoms with Crippen LogP contribution in [0.4, 0.5) is 0 Å². The van der Waals surface area contributed by atoms with Gasteiger partial charge in [0.05, 0.1) is 0 Å². The predicted molar refractivity (Wildman–Crippen MR) is 67.4 cm³/mol. The Hall–Kier alpha value is -0.790. The van der Waals surface area contributed by atoms with Crippen molar-refractivity contribution in [3.63, 3.8) is 0 Å². The molecule has 0 spiro atoms. The maximum absolute atomic E-state index is 5.94. The molecule has 0 aliphatic carbocycles. The summed E-state index contributed by atoms with van der Waals surface area (Å²) in [5.41, 5.74) is 2.54. The van der Waals surface area contributed by atoms with Gasteiger partial charge in [-0.2, -0.15) is 0 Å². The van der Waals surface area contributed by atoms with Crippen LogP contribution in [0.2, 0.25) is 5.02 Å². The highest BCUT2D eigenvalue weighted by Gasteiger charge is 2.10. The van der Waals surface area contributed by atoms with E-state index in [1.165, 1.54) is 11.1 Å². The van der Waals surface area contributed by atoms with Gasteiger partial charge in [0, 0.05) is 11.1 Å². The Bertz CT molecular complexity index is 333. The van der Waals surface area contributed by atoms with Crippen molar-refractivity contribution < 1.29 is 0 Å². The van der Waals surface area contributed by atoms with Crippen molar-refractivity contribution in [2.75, 3.05) is 6.54 Å². The van der Waals surface area contributed by atoms with Gasteiger partial charge < -0.3 is 5.32 Å². The highest BCUT2D eigenvalue weighted by atomic mass is 35.5. The predicted octanol–water partition coefficient (Wildman–Crippen LogP) is 3.88.